The van der Waals surface area contributed by atoms with Crippen molar-refractivity contribution in [3.63, 3.8) is 0 Å². The summed E-state index contributed by atoms with van der Waals surface area (Å²) in [4.78, 5) is 0. The van der Waals surface area contributed by atoms with E-state index in [9.17, 15) is 4.39 Å². The number of hydrogen-bond donors (Lipinski definition) is 1. The maximum Gasteiger partial charge on any atom is 0.130 e. The first-order chi connectivity index (χ1) is 6.74. The van der Waals surface area contributed by atoms with Crippen LogP contribution in [0.5, 0.6) is 0 Å². The number of aliphatic hydroxyl groups is 1. The second-order valence-electron chi connectivity index (χ2n) is 4.11. The second kappa shape index (κ2) is 3.70. The molecule has 0 amide bonds. The predicted octanol–water partition coefficient (Wildman–Crippen LogP) is 2.80. The minimum atomic E-state index is -0.103. The Bertz CT molecular complexity index is 331. The van der Waals surface area contributed by atoms with Gasteiger partial charge in [0.15, 0.2) is 0 Å². The van der Waals surface area contributed by atoms with Gasteiger partial charge >= 0.3 is 0 Å². The Kier molecular flexibility index (Phi) is 2.55. The lowest BCUT2D eigenvalue weighted by molar-refractivity contribution is 0.270. The highest BCUT2D eigenvalue weighted by Gasteiger charge is 2.27. The molecule has 14 heavy (non-hydrogen) atoms. The van der Waals surface area contributed by atoms with Gasteiger partial charge in [-0.2, -0.15) is 0 Å². The highest BCUT2D eigenvalue weighted by atomic mass is 19.1. The first-order valence-corrected chi connectivity index (χ1v) is 5.13. The van der Waals surface area contributed by atoms with Crippen LogP contribution in [0.4, 0.5) is 4.39 Å². The number of benzene rings is 1. The average Bonchev–Trinajstić information content (AvgIpc) is 3.01. The van der Waals surface area contributed by atoms with Gasteiger partial charge in [0.1, 0.15) is 5.82 Å². The molecule has 1 aliphatic carbocycles. The standard InChI is InChI=1S/C12H15FO/c1-8(7-14)10-3-2-4-11(12(10)13)9-5-6-9/h2-4,8-9,14H,5-7H2,1H3. The van der Waals surface area contributed by atoms with E-state index in [-0.39, 0.29) is 18.3 Å². The molecule has 2 rings (SSSR count). The maximum atomic E-state index is 13.9. The SMILES string of the molecule is CC(CO)c1cccc(C2CC2)c1F. The van der Waals surface area contributed by atoms with Crippen LogP contribution in [0.3, 0.4) is 0 Å². The van der Waals surface area contributed by atoms with Crippen molar-refractivity contribution >= 4 is 0 Å². The molecule has 0 bridgehead atoms. The van der Waals surface area contributed by atoms with E-state index in [1.807, 2.05) is 19.1 Å². The van der Waals surface area contributed by atoms with Crippen molar-refractivity contribution in [3.8, 4) is 0 Å². The lowest BCUT2D eigenvalue weighted by Gasteiger charge is -2.12. The molecule has 1 fully saturated rings. The summed E-state index contributed by atoms with van der Waals surface area (Å²) in [5.74, 6) is 0.228. The average molecular weight is 194 g/mol. The van der Waals surface area contributed by atoms with Crippen molar-refractivity contribution in [2.24, 2.45) is 0 Å². The van der Waals surface area contributed by atoms with E-state index in [1.54, 1.807) is 6.07 Å². The zero-order chi connectivity index (χ0) is 10.1. The summed E-state index contributed by atoms with van der Waals surface area (Å²) in [5.41, 5.74) is 1.49. The summed E-state index contributed by atoms with van der Waals surface area (Å²) < 4.78 is 13.9. The Morgan fingerprint density at radius 1 is 1.50 bits per heavy atom. The summed E-state index contributed by atoms with van der Waals surface area (Å²) in [6, 6.07) is 5.51. The van der Waals surface area contributed by atoms with Gasteiger partial charge < -0.3 is 5.11 Å². The predicted molar refractivity (Wildman–Crippen MR) is 53.9 cm³/mol. The van der Waals surface area contributed by atoms with E-state index in [4.69, 9.17) is 5.11 Å². The van der Waals surface area contributed by atoms with Gasteiger partial charge in [-0.1, -0.05) is 25.1 Å². The summed E-state index contributed by atoms with van der Waals surface area (Å²) >= 11 is 0. The largest absolute Gasteiger partial charge is 0.396 e. The Morgan fingerprint density at radius 3 is 2.79 bits per heavy atom. The smallest absolute Gasteiger partial charge is 0.130 e. The molecule has 0 spiro atoms. The fourth-order valence-corrected chi connectivity index (χ4v) is 1.76. The van der Waals surface area contributed by atoms with Crippen LogP contribution < -0.4 is 0 Å². The lowest BCUT2D eigenvalue weighted by atomic mass is 9.97. The highest BCUT2D eigenvalue weighted by molar-refractivity contribution is 5.33. The van der Waals surface area contributed by atoms with Crippen LogP contribution in [-0.4, -0.2) is 11.7 Å². The molecule has 0 heterocycles. The summed E-state index contributed by atoms with van der Waals surface area (Å²) in [5, 5.41) is 8.99. The molecule has 1 atom stereocenters. The van der Waals surface area contributed by atoms with Gasteiger partial charge in [-0.05, 0) is 29.9 Å². The third kappa shape index (κ3) is 1.67. The molecule has 1 aromatic carbocycles. The van der Waals surface area contributed by atoms with Crippen LogP contribution in [0.2, 0.25) is 0 Å². The zero-order valence-corrected chi connectivity index (χ0v) is 8.33. The number of rotatable bonds is 3. The summed E-state index contributed by atoms with van der Waals surface area (Å²) in [6.45, 7) is 1.85. The maximum absolute atomic E-state index is 13.9. The van der Waals surface area contributed by atoms with E-state index < -0.39 is 0 Å². The molecule has 0 radical (unpaired) electrons. The van der Waals surface area contributed by atoms with Crippen molar-refractivity contribution in [2.75, 3.05) is 6.61 Å². The highest BCUT2D eigenvalue weighted by Crippen LogP contribution is 2.42. The second-order valence-corrected chi connectivity index (χ2v) is 4.11. The van der Waals surface area contributed by atoms with Crippen LogP contribution in [0.15, 0.2) is 18.2 Å². The van der Waals surface area contributed by atoms with Crippen molar-refractivity contribution in [1.82, 2.24) is 0 Å². The molecule has 1 nitrogen and oxygen atoms in total. The summed E-state index contributed by atoms with van der Waals surface area (Å²) in [7, 11) is 0. The minimum absolute atomic E-state index is 0.00500. The molecule has 0 aromatic heterocycles. The van der Waals surface area contributed by atoms with Crippen molar-refractivity contribution in [1.29, 1.82) is 0 Å². The molecule has 1 unspecified atom stereocenters. The first kappa shape index (κ1) is 9.66. The molecule has 1 N–H and O–H groups in total. The minimum Gasteiger partial charge on any atom is -0.396 e. The Morgan fingerprint density at radius 2 is 2.21 bits per heavy atom. The Balaban J connectivity index is 2.35. The number of aliphatic hydroxyl groups excluding tert-OH is 1. The van der Waals surface area contributed by atoms with Crippen LogP contribution in [0.1, 0.15) is 42.7 Å². The first-order valence-electron chi connectivity index (χ1n) is 5.13. The Hall–Kier alpha value is -0.890. The quantitative estimate of drug-likeness (QED) is 0.784. The van der Waals surface area contributed by atoms with Crippen molar-refractivity contribution in [3.05, 3.63) is 35.1 Å². The molecule has 0 aliphatic heterocycles. The molecule has 1 aromatic rings. The molecule has 1 aliphatic rings. The van der Waals surface area contributed by atoms with Gasteiger partial charge in [-0.15, -0.1) is 0 Å². The molecular formula is C12H15FO. The van der Waals surface area contributed by atoms with Gasteiger partial charge in [-0.25, -0.2) is 4.39 Å². The number of halogens is 1. The van der Waals surface area contributed by atoms with Crippen molar-refractivity contribution in [2.45, 2.75) is 31.6 Å². The monoisotopic (exact) mass is 194 g/mol. The van der Waals surface area contributed by atoms with E-state index in [0.29, 0.717) is 11.5 Å². The van der Waals surface area contributed by atoms with Gasteiger partial charge in [0.05, 0.1) is 0 Å². The van der Waals surface area contributed by atoms with Gasteiger partial charge in [-0.3, -0.25) is 0 Å². The van der Waals surface area contributed by atoms with Crippen molar-refractivity contribution < 1.29 is 9.50 Å². The van der Waals surface area contributed by atoms with Gasteiger partial charge in [0.2, 0.25) is 0 Å². The van der Waals surface area contributed by atoms with E-state index in [2.05, 4.69) is 0 Å². The summed E-state index contributed by atoms with van der Waals surface area (Å²) in [6.07, 6.45) is 2.21. The van der Waals surface area contributed by atoms with E-state index in [0.717, 1.165) is 18.4 Å². The molecule has 0 saturated heterocycles. The lowest BCUT2D eigenvalue weighted by Crippen LogP contribution is -2.03. The molecule has 76 valence electrons. The molecule has 2 heteroatoms. The van der Waals surface area contributed by atoms with Crippen LogP contribution in [0.25, 0.3) is 0 Å². The third-order valence-electron chi connectivity index (χ3n) is 2.88. The van der Waals surface area contributed by atoms with Gasteiger partial charge in [0, 0.05) is 12.5 Å². The normalized spacial score (nSPS) is 18.2. The van der Waals surface area contributed by atoms with Crippen LogP contribution >= 0.6 is 0 Å². The fourth-order valence-electron chi connectivity index (χ4n) is 1.76. The number of hydrogen-bond acceptors (Lipinski definition) is 1. The topological polar surface area (TPSA) is 20.2 Å². The van der Waals surface area contributed by atoms with E-state index >= 15 is 0 Å². The fraction of sp³-hybridized carbons (Fsp3) is 0.500. The molecular weight excluding hydrogens is 179 g/mol. The molecule has 1 saturated carbocycles. The zero-order valence-electron chi connectivity index (χ0n) is 8.33. The third-order valence-corrected chi connectivity index (χ3v) is 2.88. The van der Waals surface area contributed by atoms with Crippen LogP contribution in [0, 0.1) is 5.82 Å². The van der Waals surface area contributed by atoms with Crippen LogP contribution in [-0.2, 0) is 0 Å². The van der Waals surface area contributed by atoms with E-state index in [1.165, 1.54) is 0 Å². The van der Waals surface area contributed by atoms with Gasteiger partial charge in [0.25, 0.3) is 0 Å². The Labute approximate surface area is 83.6 Å².